The van der Waals surface area contributed by atoms with Gasteiger partial charge in [-0.05, 0) is 24.8 Å². The van der Waals surface area contributed by atoms with Gasteiger partial charge in [0.25, 0.3) is 0 Å². The Morgan fingerprint density at radius 1 is 1.47 bits per heavy atom. The van der Waals surface area contributed by atoms with Crippen LogP contribution in [0.3, 0.4) is 0 Å². The van der Waals surface area contributed by atoms with Crippen LogP contribution in [0.15, 0.2) is 16.3 Å². The summed E-state index contributed by atoms with van der Waals surface area (Å²) >= 11 is 0.881. The molecule has 3 N–H and O–H groups in total. The number of hydrogen-bond donors (Lipinski definition) is 3. The van der Waals surface area contributed by atoms with Gasteiger partial charge in [0.2, 0.25) is 10.0 Å². The zero-order valence-corrected chi connectivity index (χ0v) is 11.7. The van der Waals surface area contributed by atoms with Crippen LogP contribution in [0.2, 0.25) is 0 Å². The highest BCUT2D eigenvalue weighted by Crippen LogP contribution is 2.27. The Morgan fingerprint density at radius 2 is 2.21 bits per heavy atom. The van der Waals surface area contributed by atoms with Crippen molar-refractivity contribution in [1.82, 2.24) is 4.72 Å². The minimum absolute atomic E-state index is 0.00879. The lowest BCUT2D eigenvalue weighted by Gasteiger charge is -2.18. The summed E-state index contributed by atoms with van der Waals surface area (Å²) in [7, 11) is -3.71. The topological polar surface area (TPSA) is 104 Å². The lowest BCUT2D eigenvalue weighted by molar-refractivity contribution is 0.0702. The standard InChI is InChI=1S/C11H15NO5S2/c13-5-7-2-1-3-9(7)12-19(16,17)8-4-10(11(14)15)18-6-8/h4,6-7,9,12-13H,1-3,5H2,(H,14,15). The Hall–Kier alpha value is -0.960. The highest BCUT2D eigenvalue weighted by atomic mass is 32.2. The van der Waals surface area contributed by atoms with E-state index in [-0.39, 0.29) is 28.3 Å². The molecule has 1 aliphatic rings. The van der Waals surface area contributed by atoms with E-state index in [4.69, 9.17) is 5.11 Å². The van der Waals surface area contributed by atoms with E-state index < -0.39 is 16.0 Å². The van der Waals surface area contributed by atoms with E-state index >= 15 is 0 Å². The molecule has 1 aromatic heterocycles. The van der Waals surface area contributed by atoms with Gasteiger partial charge < -0.3 is 10.2 Å². The molecule has 1 heterocycles. The molecular weight excluding hydrogens is 290 g/mol. The number of hydrogen-bond acceptors (Lipinski definition) is 5. The van der Waals surface area contributed by atoms with Crippen LogP contribution in [0.5, 0.6) is 0 Å². The van der Waals surface area contributed by atoms with Gasteiger partial charge in [0, 0.05) is 18.0 Å². The van der Waals surface area contributed by atoms with Gasteiger partial charge in [-0.25, -0.2) is 17.9 Å². The number of rotatable bonds is 5. The zero-order valence-electron chi connectivity index (χ0n) is 10.1. The summed E-state index contributed by atoms with van der Waals surface area (Å²) in [5, 5.41) is 19.3. The molecule has 1 aromatic rings. The molecule has 1 aliphatic carbocycles. The second-order valence-electron chi connectivity index (χ2n) is 4.55. The molecule has 2 atom stereocenters. The van der Waals surface area contributed by atoms with Gasteiger partial charge >= 0.3 is 5.97 Å². The fraction of sp³-hybridized carbons (Fsp3) is 0.545. The van der Waals surface area contributed by atoms with Crippen molar-refractivity contribution in [2.75, 3.05) is 6.61 Å². The summed E-state index contributed by atoms with van der Waals surface area (Å²) in [6, 6.07) is 0.876. The van der Waals surface area contributed by atoms with Gasteiger partial charge in [-0.2, -0.15) is 0 Å². The number of aliphatic hydroxyl groups excluding tert-OH is 1. The first kappa shape index (κ1) is 14.4. The van der Waals surface area contributed by atoms with Crippen molar-refractivity contribution in [3.63, 3.8) is 0 Å². The maximum absolute atomic E-state index is 12.1. The number of carboxylic acid groups (broad SMARTS) is 1. The van der Waals surface area contributed by atoms with Crippen molar-refractivity contribution in [2.24, 2.45) is 5.92 Å². The molecule has 1 saturated carbocycles. The lowest BCUT2D eigenvalue weighted by atomic mass is 10.1. The van der Waals surface area contributed by atoms with Crippen molar-refractivity contribution in [3.8, 4) is 0 Å². The first-order valence-corrected chi connectivity index (χ1v) is 8.25. The lowest BCUT2D eigenvalue weighted by Crippen LogP contribution is -2.38. The SMILES string of the molecule is O=C(O)c1cc(S(=O)(=O)NC2CCCC2CO)cs1. The summed E-state index contributed by atoms with van der Waals surface area (Å²) in [5.74, 6) is -1.20. The van der Waals surface area contributed by atoms with Gasteiger partial charge in [0.15, 0.2) is 0 Å². The van der Waals surface area contributed by atoms with Crippen LogP contribution in [-0.4, -0.2) is 37.2 Å². The van der Waals surface area contributed by atoms with Gasteiger partial charge in [-0.3, -0.25) is 0 Å². The maximum Gasteiger partial charge on any atom is 0.345 e. The van der Waals surface area contributed by atoms with Crippen LogP contribution < -0.4 is 4.72 Å². The third-order valence-corrected chi connectivity index (χ3v) is 5.83. The van der Waals surface area contributed by atoms with E-state index in [9.17, 15) is 18.3 Å². The first-order chi connectivity index (χ1) is 8.94. The summed E-state index contributed by atoms with van der Waals surface area (Å²) in [4.78, 5) is 10.7. The third kappa shape index (κ3) is 3.14. The number of aliphatic hydroxyl groups is 1. The van der Waals surface area contributed by atoms with E-state index in [1.165, 1.54) is 5.38 Å². The van der Waals surface area contributed by atoms with E-state index in [2.05, 4.69) is 4.72 Å². The molecule has 0 spiro atoms. The zero-order chi connectivity index (χ0) is 14.0. The molecule has 0 bridgehead atoms. The van der Waals surface area contributed by atoms with Gasteiger partial charge in [-0.15, -0.1) is 11.3 Å². The van der Waals surface area contributed by atoms with Gasteiger partial charge in [0.05, 0.1) is 4.90 Å². The number of sulfonamides is 1. The van der Waals surface area contributed by atoms with Crippen LogP contribution in [0.1, 0.15) is 28.9 Å². The molecule has 2 unspecified atom stereocenters. The molecule has 0 aliphatic heterocycles. The van der Waals surface area contributed by atoms with Crippen LogP contribution in [-0.2, 0) is 10.0 Å². The van der Waals surface area contributed by atoms with Crippen molar-refractivity contribution < 1.29 is 23.4 Å². The maximum atomic E-state index is 12.1. The minimum Gasteiger partial charge on any atom is -0.477 e. The second kappa shape index (κ2) is 5.58. The predicted octanol–water partition coefficient (Wildman–Crippen LogP) is 0.886. The number of nitrogens with one attached hydrogen (secondary N) is 1. The molecule has 0 aromatic carbocycles. The first-order valence-electron chi connectivity index (χ1n) is 5.89. The Kier molecular flexibility index (Phi) is 4.24. The summed E-state index contributed by atoms with van der Waals surface area (Å²) in [5.41, 5.74) is 0. The average molecular weight is 305 g/mol. The normalized spacial score (nSPS) is 23.6. The third-order valence-electron chi connectivity index (χ3n) is 3.30. The average Bonchev–Trinajstić information content (AvgIpc) is 2.95. The van der Waals surface area contributed by atoms with E-state index in [0.717, 1.165) is 30.2 Å². The number of carbonyl (C=O) groups is 1. The Labute approximate surface area is 115 Å². The Balaban J connectivity index is 2.15. The summed E-state index contributed by atoms with van der Waals surface area (Å²) in [6.45, 7) is -0.0444. The summed E-state index contributed by atoms with van der Waals surface area (Å²) in [6.07, 6.45) is 2.37. The second-order valence-corrected chi connectivity index (χ2v) is 7.18. The van der Waals surface area contributed by atoms with Crippen molar-refractivity contribution in [2.45, 2.75) is 30.2 Å². The van der Waals surface area contributed by atoms with Gasteiger partial charge in [0.1, 0.15) is 4.88 Å². The quantitative estimate of drug-likeness (QED) is 0.749. The molecule has 8 heteroatoms. The highest BCUT2D eigenvalue weighted by Gasteiger charge is 2.31. The number of thiophene rings is 1. The largest absolute Gasteiger partial charge is 0.477 e. The van der Waals surface area contributed by atoms with Crippen LogP contribution in [0.25, 0.3) is 0 Å². The van der Waals surface area contributed by atoms with E-state index in [1.54, 1.807) is 0 Å². The number of aromatic carboxylic acids is 1. The Morgan fingerprint density at radius 3 is 2.79 bits per heavy atom. The van der Waals surface area contributed by atoms with E-state index in [1.807, 2.05) is 0 Å². The van der Waals surface area contributed by atoms with Crippen LogP contribution >= 0.6 is 11.3 Å². The van der Waals surface area contributed by atoms with E-state index in [0.29, 0.717) is 6.42 Å². The molecule has 1 fully saturated rings. The monoisotopic (exact) mass is 305 g/mol. The Bertz CT molecular complexity index is 565. The molecule has 19 heavy (non-hydrogen) atoms. The fourth-order valence-corrected chi connectivity index (χ4v) is 4.70. The fourth-order valence-electron chi connectivity index (χ4n) is 2.25. The molecule has 2 rings (SSSR count). The molecular formula is C11H15NO5S2. The summed E-state index contributed by atoms with van der Waals surface area (Å²) < 4.78 is 26.8. The molecule has 106 valence electrons. The predicted molar refractivity (Wildman–Crippen MR) is 69.8 cm³/mol. The smallest absolute Gasteiger partial charge is 0.345 e. The molecule has 0 radical (unpaired) electrons. The highest BCUT2D eigenvalue weighted by molar-refractivity contribution is 7.89. The van der Waals surface area contributed by atoms with Crippen LogP contribution in [0, 0.1) is 5.92 Å². The van der Waals surface area contributed by atoms with Crippen molar-refractivity contribution in [1.29, 1.82) is 0 Å². The molecule has 6 nitrogen and oxygen atoms in total. The molecule has 0 saturated heterocycles. The number of carboxylic acids is 1. The van der Waals surface area contributed by atoms with Crippen molar-refractivity contribution in [3.05, 3.63) is 16.3 Å². The minimum atomic E-state index is -3.71. The van der Waals surface area contributed by atoms with Crippen molar-refractivity contribution >= 4 is 27.3 Å². The van der Waals surface area contributed by atoms with Crippen LogP contribution in [0.4, 0.5) is 0 Å². The van der Waals surface area contributed by atoms with Gasteiger partial charge in [-0.1, -0.05) is 6.42 Å². The molecule has 0 amide bonds.